The van der Waals surface area contributed by atoms with Gasteiger partial charge in [0, 0.05) is 12.3 Å². The summed E-state index contributed by atoms with van der Waals surface area (Å²) in [6, 6.07) is 17.2. The average Bonchev–Trinajstić information content (AvgIpc) is 3.31. The predicted octanol–water partition coefficient (Wildman–Crippen LogP) is 4.19. The topological polar surface area (TPSA) is 96.5 Å². The number of ether oxygens (including phenoxy) is 1. The van der Waals surface area contributed by atoms with E-state index in [1.807, 2.05) is 13.0 Å². The number of Topliss-reactive ketones (excluding diaryl/α,β-unsaturated/α-hetero) is 1. The molecule has 142 valence electrons. The zero-order chi connectivity index (χ0) is 20.4. The Morgan fingerprint density at radius 1 is 1.17 bits per heavy atom. The van der Waals surface area contributed by atoms with E-state index in [0.29, 0.717) is 27.7 Å². The highest BCUT2D eigenvalue weighted by Crippen LogP contribution is 2.28. The van der Waals surface area contributed by atoms with Crippen LogP contribution in [0, 0.1) is 18.3 Å². The SMILES string of the molecule is Cc1cc(NC(=O)C(=O)c2cc(Oc3ccc(C#N)cc3)n3ccccc23)sn1. The molecule has 1 N–H and O–H groups in total. The largest absolute Gasteiger partial charge is 0.440 e. The molecule has 3 aromatic heterocycles. The van der Waals surface area contributed by atoms with Crippen LogP contribution in [-0.2, 0) is 4.79 Å². The van der Waals surface area contributed by atoms with Crippen LogP contribution in [0.1, 0.15) is 21.6 Å². The minimum atomic E-state index is -0.741. The monoisotopic (exact) mass is 402 g/mol. The van der Waals surface area contributed by atoms with E-state index in [2.05, 4.69) is 9.69 Å². The summed E-state index contributed by atoms with van der Waals surface area (Å²) in [6.45, 7) is 1.81. The minimum Gasteiger partial charge on any atom is -0.440 e. The number of aryl methyl sites for hydroxylation is 1. The summed E-state index contributed by atoms with van der Waals surface area (Å²) in [5, 5.41) is 12.0. The number of carbonyl (C=O) groups is 2. The van der Waals surface area contributed by atoms with Crippen LogP contribution in [0.15, 0.2) is 60.8 Å². The van der Waals surface area contributed by atoms with Gasteiger partial charge in [-0.3, -0.25) is 14.0 Å². The van der Waals surface area contributed by atoms with Crippen LogP contribution in [0.5, 0.6) is 11.6 Å². The van der Waals surface area contributed by atoms with Crippen LogP contribution >= 0.6 is 11.5 Å². The zero-order valence-corrected chi connectivity index (χ0v) is 16.1. The van der Waals surface area contributed by atoms with E-state index in [-0.39, 0.29) is 5.56 Å². The van der Waals surface area contributed by atoms with E-state index in [0.717, 1.165) is 17.2 Å². The third-order valence-electron chi connectivity index (χ3n) is 4.16. The van der Waals surface area contributed by atoms with Crippen molar-refractivity contribution < 1.29 is 14.3 Å². The van der Waals surface area contributed by atoms with E-state index >= 15 is 0 Å². The van der Waals surface area contributed by atoms with Gasteiger partial charge in [-0.2, -0.15) is 9.64 Å². The van der Waals surface area contributed by atoms with Crippen molar-refractivity contribution in [2.45, 2.75) is 6.92 Å². The number of hydrogen-bond donors (Lipinski definition) is 1. The van der Waals surface area contributed by atoms with E-state index in [9.17, 15) is 9.59 Å². The number of hydrogen-bond acceptors (Lipinski definition) is 6. The van der Waals surface area contributed by atoms with Gasteiger partial charge in [-0.1, -0.05) is 6.07 Å². The van der Waals surface area contributed by atoms with Crippen molar-refractivity contribution in [2.75, 3.05) is 5.32 Å². The van der Waals surface area contributed by atoms with E-state index in [1.54, 1.807) is 59.1 Å². The Morgan fingerprint density at radius 2 is 1.97 bits per heavy atom. The summed E-state index contributed by atoms with van der Waals surface area (Å²) < 4.78 is 11.7. The molecule has 1 amide bonds. The Labute approximate surface area is 170 Å². The van der Waals surface area contributed by atoms with Crippen molar-refractivity contribution in [2.24, 2.45) is 0 Å². The first-order chi connectivity index (χ1) is 14.0. The molecule has 3 heterocycles. The molecule has 0 saturated carbocycles. The molecule has 0 spiro atoms. The Bertz CT molecular complexity index is 1270. The molecule has 0 fully saturated rings. The van der Waals surface area contributed by atoms with Gasteiger partial charge in [0.15, 0.2) is 0 Å². The molecule has 0 unspecified atom stereocenters. The molecule has 0 aliphatic carbocycles. The standard InChI is InChI=1S/C21H14N4O3S/c1-13-10-18(29-24-13)23-21(27)20(26)16-11-19(25-9-3-2-4-17(16)25)28-15-7-5-14(12-22)6-8-15/h2-11H,1H3,(H,23,27). The second-order valence-electron chi connectivity index (χ2n) is 6.21. The highest BCUT2D eigenvalue weighted by molar-refractivity contribution is 7.10. The maximum atomic E-state index is 12.8. The van der Waals surface area contributed by atoms with Crippen molar-refractivity contribution in [3.05, 3.63) is 77.6 Å². The first-order valence-corrected chi connectivity index (χ1v) is 9.39. The Kier molecular flexibility index (Phi) is 4.81. The minimum absolute atomic E-state index is 0.230. The Balaban J connectivity index is 1.65. The van der Waals surface area contributed by atoms with Crippen molar-refractivity contribution in [3.63, 3.8) is 0 Å². The van der Waals surface area contributed by atoms with Gasteiger partial charge < -0.3 is 10.1 Å². The molecule has 8 heteroatoms. The summed E-state index contributed by atoms with van der Waals surface area (Å²) in [4.78, 5) is 25.2. The van der Waals surface area contributed by atoms with Crippen LogP contribution < -0.4 is 10.1 Å². The molecule has 0 radical (unpaired) electrons. The summed E-state index contributed by atoms with van der Waals surface area (Å²) in [5.41, 5.74) is 2.07. The third-order valence-corrected chi connectivity index (χ3v) is 4.96. The molecule has 0 atom stereocenters. The fraction of sp³-hybridized carbons (Fsp3) is 0.0476. The van der Waals surface area contributed by atoms with E-state index in [4.69, 9.17) is 10.00 Å². The first-order valence-electron chi connectivity index (χ1n) is 8.62. The lowest BCUT2D eigenvalue weighted by atomic mass is 10.1. The lowest BCUT2D eigenvalue weighted by molar-refractivity contribution is -0.112. The highest BCUT2D eigenvalue weighted by atomic mass is 32.1. The number of nitriles is 1. The fourth-order valence-electron chi connectivity index (χ4n) is 2.81. The van der Waals surface area contributed by atoms with Crippen molar-refractivity contribution in [1.29, 1.82) is 5.26 Å². The summed E-state index contributed by atoms with van der Waals surface area (Å²) in [5.74, 6) is -0.518. The molecule has 0 bridgehead atoms. The number of carbonyl (C=O) groups excluding carboxylic acids is 2. The van der Waals surface area contributed by atoms with Crippen molar-refractivity contribution in [3.8, 4) is 17.7 Å². The molecule has 0 saturated heterocycles. The Morgan fingerprint density at radius 3 is 2.66 bits per heavy atom. The van der Waals surface area contributed by atoms with Crippen LogP contribution in [0.4, 0.5) is 5.00 Å². The van der Waals surface area contributed by atoms with Gasteiger partial charge in [0.25, 0.3) is 11.7 Å². The highest BCUT2D eigenvalue weighted by Gasteiger charge is 2.23. The lowest BCUT2D eigenvalue weighted by Crippen LogP contribution is -2.22. The van der Waals surface area contributed by atoms with Gasteiger partial charge in [-0.15, -0.1) is 0 Å². The summed E-state index contributed by atoms with van der Waals surface area (Å²) in [6.07, 6.45) is 1.75. The summed E-state index contributed by atoms with van der Waals surface area (Å²) >= 11 is 1.12. The van der Waals surface area contributed by atoms with Gasteiger partial charge in [-0.05, 0) is 60.9 Å². The number of anilines is 1. The molecule has 0 aliphatic heterocycles. The van der Waals surface area contributed by atoms with Gasteiger partial charge >= 0.3 is 0 Å². The first kappa shape index (κ1) is 18.4. The molecule has 29 heavy (non-hydrogen) atoms. The smallest absolute Gasteiger partial charge is 0.297 e. The molecule has 4 aromatic rings. The summed E-state index contributed by atoms with van der Waals surface area (Å²) in [7, 11) is 0. The number of amides is 1. The molecule has 0 aliphatic rings. The third kappa shape index (κ3) is 3.72. The van der Waals surface area contributed by atoms with Crippen LogP contribution in [0.25, 0.3) is 5.52 Å². The number of nitrogens with one attached hydrogen (secondary N) is 1. The molecular formula is C21H14N4O3S. The molecule has 1 aromatic carbocycles. The van der Waals surface area contributed by atoms with Gasteiger partial charge in [0.05, 0.1) is 28.4 Å². The zero-order valence-electron chi connectivity index (χ0n) is 15.2. The number of pyridine rings is 1. The van der Waals surface area contributed by atoms with Crippen molar-refractivity contribution in [1.82, 2.24) is 8.77 Å². The normalized spacial score (nSPS) is 10.5. The number of aromatic nitrogens is 2. The van der Waals surface area contributed by atoms with Gasteiger partial charge in [-0.25, -0.2) is 0 Å². The number of nitrogens with zero attached hydrogens (tertiary/aromatic N) is 3. The van der Waals surface area contributed by atoms with E-state index < -0.39 is 11.7 Å². The lowest BCUT2D eigenvalue weighted by Gasteiger charge is -2.05. The van der Waals surface area contributed by atoms with Crippen LogP contribution in [0.3, 0.4) is 0 Å². The maximum Gasteiger partial charge on any atom is 0.297 e. The van der Waals surface area contributed by atoms with Gasteiger partial charge in [0.2, 0.25) is 5.88 Å². The second-order valence-corrected chi connectivity index (χ2v) is 7.01. The second kappa shape index (κ2) is 7.58. The predicted molar refractivity (Wildman–Crippen MR) is 108 cm³/mol. The molecule has 4 rings (SSSR count). The maximum absolute atomic E-state index is 12.8. The Hall–Kier alpha value is -3.96. The average molecular weight is 402 g/mol. The number of fused-ring (bicyclic) bond motifs is 1. The van der Waals surface area contributed by atoms with Crippen molar-refractivity contribution >= 4 is 33.7 Å². The quantitative estimate of drug-likeness (QED) is 0.399. The van der Waals surface area contributed by atoms with Crippen LogP contribution in [0.2, 0.25) is 0 Å². The molecular weight excluding hydrogens is 388 g/mol. The van der Waals surface area contributed by atoms with E-state index in [1.165, 1.54) is 6.07 Å². The van der Waals surface area contributed by atoms with Crippen LogP contribution in [-0.4, -0.2) is 20.5 Å². The molecule has 7 nitrogen and oxygen atoms in total. The fourth-order valence-corrected chi connectivity index (χ4v) is 3.47. The number of rotatable bonds is 5. The number of benzene rings is 1. The van der Waals surface area contributed by atoms with Gasteiger partial charge in [0.1, 0.15) is 10.8 Å². The number of ketones is 1.